The molecule has 1 amide bonds. The third-order valence-electron chi connectivity index (χ3n) is 3.57. The molecule has 9 heteroatoms. The second kappa shape index (κ2) is 10.3. The molecule has 0 aliphatic rings. The third-order valence-corrected chi connectivity index (χ3v) is 3.94. The first-order valence-electron chi connectivity index (χ1n) is 8.25. The Bertz CT molecular complexity index is 799. The second-order valence-electron chi connectivity index (χ2n) is 5.68. The number of hydrogen-bond donors (Lipinski definition) is 1. The summed E-state index contributed by atoms with van der Waals surface area (Å²) in [5.74, 6) is -0.521. The van der Waals surface area contributed by atoms with Crippen molar-refractivity contribution >= 4 is 23.2 Å². The molecular formula is C19H19ClF3NO4. The molecular weight excluding hydrogens is 399 g/mol. The molecule has 0 aromatic heterocycles. The van der Waals surface area contributed by atoms with Crippen LogP contribution in [0.4, 0.5) is 18.9 Å². The van der Waals surface area contributed by atoms with Gasteiger partial charge in [0.15, 0.2) is 0 Å². The summed E-state index contributed by atoms with van der Waals surface area (Å²) >= 11 is 6.00. The predicted octanol–water partition coefficient (Wildman–Crippen LogP) is 4.54. The van der Waals surface area contributed by atoms with Crippen LogP contribution in [0.15, 0.2) is 42.5 Å². The minimum absolute atomic E-state index is 0.0902. The van der Waals surface area contributed by atoms with E-state index in [2.05, 4.69) is 5.32 Å². The number of amides is 1. The topological polar surface area (TPSA) is 56.8 Å². The van der Waals surface area contributed by atoms with Gasteiger partial charge in [-0.05, 0) is 29.8 Å². The summed E-state index contributed by atoms with van der Waals surface area (Å²) in [6.45, 7) is 0.0922. The van der Waals surface area contributed by atoms with Crippen molar-refractivity contribution < 1.29 is 32.2 Å². The van der Waals surface area contributed by atoms with E-state index in [0.717, 1.165) is 18.2 Å². The van der Waals surface area contributed by atoms with Crippen molar-refractivity contribution in [1.82, 2.24) is 0 Å². The van der Waals surface area contributed by atoms with E-state index >= 15 is 0 Å². The minimum Gasteiger partial charge on any atom is -0.489 e. The molecule has 1 N–H and O–H groups in total. The number of anilines is 1. The summed E-state index contributed by atoms with van der Waals surface area (Å²) in [6, 6.07) is 9.81. The van der Waals surface area contributed by atoms with Gasteiger partial charge in [0.25, 0.3) is 0 Å². The van der Waals surface area contributed by atoms with Gasteiger partial charge in [-0.15, -0.1) is 0 Å². The van der Waals surface area contributed by atoms with E-state index in [-0.39, 0.29) is 37.9 Å². The van der Waals surface area contributed by atoms with E-state index < -0.39 is 17.6 Å². The Morgan fingerprint density at radius 1 is 1.14 bits per heavy atom. The molecule has 0 saturated carbocycles. The number of carbonyl (C=O) groups excluding carboxylic acids is 1. The number of ether oxygens (including phenoxy) is 3. The fraction of sp³-hybridized carbons (Fsp3) is 0.316. The molecule has 28 heavy (non-hydrogen) atoms. The van der Waals surface area contributed by atoms with Crippen LogP contribution < -0.4 is 10.1 Å². The van der Waals surface area contributed by atoms with E-state index in [1.807, 2.05) is 0 Å². The molecule has 2 rings (SSSR count). The van der Waals surface area contributed by atoms with Gasteiger partial charge in [0, 0.05) is 12.1 Å². The molecule has 2 aromatic rings. The predicted molar refractivity (Wildman–Crippen MR) is 98.6 cm³/mol. The van der Waals surface area contributed by atoms with Crippen molar-refractivity contribution in [3.05, 3.63) is 58.6 Å². The van der Waals surface area contributed by atoms with Gasteiger partial charge in [-0.2, -0.15) is 13.2 Å². The first-order chi connectivity index (χ1) is 13.3. The van der Waals surface area contributed by atoms with Crippen molar-refractivity contribution in [2.45, 2.75) is 12.8 Å². The average molecular weight is 418 g/mol. The number of methoxy groups -OCH3 is 1. The van der Waals surface area contributed by atoms with Gasteiger partial charge >= 0.3 is 6.18 Å². The molecule has 0 spiro atoms. The Labute approximate surface area is 165 Å². The minimum atomic E-state index is -4.55. The van der Waals surface area contributed by atoms with E-state index in [4.69, 9.17) is 25.8 Å². The molecule has 152 valence electrons. The number of nitrogens with one attached hydrogen (secondary N) is 1. The number of rotatable bonds is 9. The highest BCUT2D eigenvalue weighted by Gasteiger charge is 2.31. The summed E-state index contributed by atoms with van der Waals surface area (Å²) in [5.41, 5.74) is -0.309. The highest BCUT2D eigenvalue weighted by molar-refractivity contribution is 6.31. The van der Waals surface area contributed by atoms with E-state index in [1.165, 1.54) is 7.11 Å². The molecule has 0 aliphatic heterocycles. The van der Waals surface area contributed by atoms with Gasteiger partial charge in [-0.1, -0.05) is 29.8 Å². The van der Waals surface area contributed by atoms with Gasteiger partial charge in [-0.25, -0.2) is 0 Å². The Hall–Kier alpha value is -2.29. The van der Waals surface area contributed by atoms with Crippen LogP contribution in [-0.4, -0.2) is 32.8 Å². The van der Waals surface area contributed by atoms with E-state index in [1.54, 1.807) is 24.3 Å². The van der Waals surface area contributed by atoms with Crippen LogP contribution in [0, 0.1) is 0 Å². The van der Waals surface area contributed by atoms with Crippen LogP contribution in [0.5, 0.6) is 5.75 Å². The maximum atomic E-state index is 13.0. The molecule has 0 saturated heterocycles. The van der Waals surface area contributed by atoms with Gasteiger partial charge in [-0.3, -0.25) is 4.79 Å². The molecule has 0 aliphatic carbocycles. The quantitative estimate of drug-likeness (QED) is 0.609. The van der Waals surface area contributed by atoms with Crippen LogP contribution >= 0.6 is 11.6 Å². The van der Waals surface area contributed by atoms with E-state index in [0.29, 0.717) is 10.6 Å². The molecule has 0 bridgehead atoms. The molecule has 0 heterocycles. The van der Waals surface area contributed by atoms with Crippen LogP contribution in [0.1, 0.15) is 11.1 Å². The van der Waals surface area contributed by atoms with E-state index in [9.17, 15) is 18.0 Å². The van der Waals surface area contributed by atoms with Gasteiger partial charge < -0.3 is 19.5 Å². The zero-order chi connectivity index (χ0) is 20.6. The normalized spacial score (nSPS) is 11.3. The van der Waals surface area contributed by atoms with Crippen LogP contribution in [-0.2, 0) is 27.1 Å². The standard InChI is InChI=1S/C19H19ClF3NO4/c1-26-8-9-28-17-7-6-14(19(21,22)23)10-16(17)24-18(25)12-27-11-13-4-2-3-5-15(13)20/h2-7,10H,8-9,11-12H2,1H3,(H,24,25). The number of hydrogen-bond acceptors (Lipinski definition) is 4. The van der Waals surface area contributed by atoms with Crippen molar-refractivity contribution in [2.75, 3.05) is 32.2 Å². The molecule has 0 unspecified atom stereocenters. The Morgan fingerprint density at radius 3 is 2.57 bits per heavy atom. The van der Waals surface area contributed by atoms with Crippen LogP contribution in [0.3, 0.4) is 0 Å². The fourth-order valence-corrected chi connectivity index (χ4v) is 2.41. The first-order valence-corrected chi connectivity index (χ1v) is 8.63. The first kappa shape index (κ1) is 22.0. The summed E-state index contributed by atoms with van der Waals surface area (Å²) in [6.07, 6.45) is -4.55. The molecule has 5 nitrogen and oxygen atoms in total. The van der Waals surface area contributed by atoms with Crippen molar-refractivity contribution in [3.63, 3.8) is 0 Å². The number of benzene rings is 2. The Kier molecular flexibility index (Phi) is 8.10. The third kappa shape index (κ3) is 6.70. The van der Waals surface area contributed by atoms with Crippen molar-refractivity contribution in [2.24, 2.45) is 0 Å². The van der Waals surface area contributed by atoms with Crippen molar-refractivity contribution in [1.29, 1.82) is 0 Å². The van der Waals surface area contributed by atoms with Crippen molar-refractivity contribution in [3.8, 4) is 5.75 Å². The summed E-state index contributed by atoms with van der Waals surface area (Å²) in [5, 5.41) is 2.88. The average Bonchev–Trinajstić information content (AvgIpc) is 2.64. The molecule has 0 fully saturated rings. The smallest absolute Gasteiger partial charge is 0.416 e. The Balaban J connectivity index is 2.02. The lowest BCUT2D eigenvalue weighted by Crippen LogP contribution is -2.20. The lowest BCUT2D eigenvalue weighted by atomic mass is 10.1. The molecule has 2 aromatic carbocycles. The summed E-state index contributed by atoms with van der Waals surface area (Å²) < 4.78 is 54.4. The summed E-state index contributed by atoms with van der Waals surface area (Å²) in [4.78, 5) is 12.1. The lowest BCUT2D eigenvalue weighted by Gasteiger charge is -2.15. The largest absolute Gasteiger partial charge is 0.489 e. The maximum absolute atomic E-state index is 13.0. The number of halogens is 4. The van der Waals surface area contributed by atoms with Crippen LogP contribution in [0.2, 0.25) is 5.02 Å². The fourth-order valence-electron chi connectivity index (χ4n) is 2.22. The van der Waals surface area contributed by atoms with Crippen LogP contribution in [0.25, 0.3) is 0 Å². The highest BCUT2D eigenvalue weighted by Crippen LogP contribution is 2.35. The zero-order valence-electron chi connectivity index (χ0n) is 15.0. The summed E-state index contributed by atoms with van der Waals surface area (Å²) in [7, 11) is 1.47. The molecule has 0 atom stereocenters. The second-order valence-corrected chi connectivity index (χ2v) is 6.09. The Morgan fingerprint density at radius 2 is 1.89 bits per heavy atom. The lowest BCUT2D eigenvalue weighted by molar-refractivity contribution is -0.137. The van der Waals surface area contributed by atoms with Gasteiger partial charge in [0.1, 0.15) is 19.0 Å². The SMILES string of the molecule is COCCOc1ccc(C(F)(F)F)cc1NC(=O)COCc1ccccc1Cl. The van der Waals surface area contributed by atoms with Gasteiger partial charge in [0.2, 0.25) is 5.91 Å². The molecule has 0 radical (unpaired) electrons. The highest BCUT2D eigenvalue weighted by atomic mass is 35.5. The van der Waals surface area contributed by atoms with Gasteiger partial charge in [0.05, 0.1) is 24.5 Å². The zero-order valence-corrected chi connectivity index (χ0v) is 15.8. The number of alkyl halides is 3. The maximum Gasteiger partial charge on any atom is 0.416 e. The number of carbonyl (C=O) groups is 1. The monoisotopic (exact) mass is 417 g/mol.